The van der Waals surface area contributed by atoms with Crippen molar-refractivity contribution in [2.45, 2.75) is 71.6 Å². The summed E-state index contributed by atoms with van der Waals surface area (Å²) in [6.45, 7) is 14.5. The van der Waals surface area contributed by atoms with Gasteiger partial charge in [-0.1, -0.05) is 93.6 Å². The topological polar surface area (TPSA) is 163 Å². The van der Waals surface area contributed by atoms with Gasteiger partial charge in [0.25, 0.3) is 0 Å². The number of benzene rings is 3. The fourth-order valence-corrected chi connectivity index (χ4v) is 6.07. The van der Waals surface area contributed by atoms with E-state index in [1.54, 1.807) is 0 Å². The van der Waals surface area contributed by atoms with Crippen molar-refractivity contribution in [1.29, 1.82) is 0 Å². The number of rotatable bonds is 27. The van der Waals surface area contributed by atoms with E-state index >= 15 is 0 Å². The van der Waals surface area contributed by atoms with Crippen LogP contribution in [0.25, 0.3) is 11.1 Å². The van der Waals surface area contributed by atoms with Crippen molar-refractivity contribution in [2.75, 3.05) is 72.5 Å². The van der Waals surface area contributed by atoms with E-state index in [1.165, 1.54) is 0 Å². The molecule has 0 radical (unpaired) electrons. The Balaban J connectivity index is 1.16. The van der Waals surface area contributed by atoms with Gasteiger partial charge < -0.3 is 49.2 Å². The molecule has 3 aromatic rings. The zero-order chi connectivity index (χ0) is 41.4. The SMILES string of the molecule is CC(C)(C)[Si](C)(C)OCc1ccc(-c2ccc(CO)c(CCCNC(=O)COCCOCCNC(=O)COCCOCCNC(=O)OCc3ccccc3)c2)cc1. The van der Waals surface area contributed by atoms with Gasteiger partial charge in [0, 0.05) is 19.6 Å². The molecule has 4 N–H and O–H groups in total. The number of carbonyl (C=O) groups excluding carboxylic acids is 3. The Morgan fingerprint density at radius 3 is 1.81 bits per heavy atom. The number of hydrogen-bond donors (Lipinski definition) is 4. The third-order valence-corrected chi connectivity index (χ3v) is 14.0. The first-order chi connectivity index (χ1) is 27.4. The first-order valence-corrected chi connectivity index (χ1v) is 22.5. The van der Waals surface area contributed by atoms with E-state index in [0.717, 1.165) is 33.4 Å². The van der Waals surface area contributed by atoms with Crippen molar-refractivity contribution >= 4 is 26.2 Å². The smallest absolute Gasteiger partial charge is 0.407 e. The van der Waals surface area contributed by atoms with Crippen LogP contribution in [0.4, 0.5) is 4.79 Å². The van der Waals surface area contributed by atoms with Crippen LogP contribution in [-0.2, 0) is 63.9 Å². The Morgan fingerprint density at radius 1 is 0.632 bits per heavy atom. The lowest BCUT2D eigenvalue weighted by molar-refractivity contribution is -0.127. The molecule has 14 heteroatoms. The molecule has 3 aromatic carbocycles. The minimum absolute atomic E-state index is 0.0445. The van der Waals surface area contributed by atoms with Crippen LogP contribution >= 0.6 is 0 Å². The van der Waals surface area contributed by atoms with Gasteiger partial charge in [0.2, 0.25) is 11.8 Å². The van der Waals surface area contributed by atoms with Gasteiger partial charge in [-0.15, -0.1) is 0 Å². The summed E-state index contributed by atoms with van der Waals surface area (Å²) in [4.78, 5) is 35.9. The average molecular weight is 810 g/mol. The van der Waals surface area contributed by atoms with E-state index in [9.17, 15) is 19.5 Å². The fraction of sp³-hybridized carbons (Fsp3) is 0.512. The third-order valence-electron chi connectivity index (χ3n) is 9.52. The van der Waals surface area contributed by atoms with E-state index in [4.69, 9.17) is 28.1 Å². The summed E-state index contributed by atoms with van der Waals surface area (Å²) in [5, 5.41) is 18.3. The van der Waals surface area contributed by atoms with Crippen molar-refractivity contribution in [3.05, 3.63) is 95.1 Å². The number of ether oxygens (including phenoxy) is 5. The van der Waals surface area contributed by atoms with E-state index in [-0.39, 0.29) is 76.3 Å². The summed E-state index contributed by atoms with van der Waals surface area (Å²) < 4.78 is 33.0. The molecule has 0 aliphatic rings. The van der Waals surface area contributed by atoms with Crippen LogP contribution in [0, 0.1) is 0 Å². The van der Waals surface area contributed by atoms with Gasteiger partial charge >= 0.3 is 6.09 Å². The van der Waals surface area contributed by atoms with E-state index in [0.29, 0.717) is 45.7 Å². The molecule has 57 heavy (non-hydrogen) atoms. The lowest BCUT2D eigenvalue weighted by Gasteiger charge is -2.36. The molecule has 0 aromatic heterocycles. The van der Waals surface area contributed by atoms with Crippen molar-refractivity contribution in [3.63, 3.8) is 0 Å². The molecule has 0 aliphatic heterocycles. The normalized spacial score (nSPS) is 11.6. The molecule has 0 fully saturated rings. The van der Waals surface area contributed by atoms with Gasteiger partial charge in [-0.05, 0) is 64.4 Å². The number of hydrogen-bond acceptors (Lipinski definition) is 10. The maximum Gasteiger partial charge on any atom is 0.407 e. The van der Waals surface area contributed by atoms with Gasteiger partial charge in [0.1, 0.15) is 19.8 Å². The summed E-state index contributed by atoms with van der Waals surface area (Å²) in [6.07, 6.45) is 0.909. The highest BCUT2D eigenvalue weighted by Gasteiger charge is 2.37. The van der Waals surface area contributed by atoms with Crippen molar-refractivity contribution in [1.82, 2.24) is 16.0 Å². The Bertz CT molecular complexity index is 1620. The molecule has 0 aliphatic carbocycles. The highest BCUT2D eigenvalue weighted by molar-refractivity contribution is 6.74. The standard InChI is InChI=1S/C43H63N3O10Si/c1-43(2,3)57(4,5)56-31-35-13-15-36(16-14-35)38-17-18-39(29-47)37(28-38)12-9-19-44-40(48)32-53-26-24-51-22-20-45-41(49)33-54-27-25-52-23-21-46-42(50)55-30-34-10-7-6-8-11-34/h6-8,10-11,13-18,28,47H,9,12,19-27,29-33H2,1-5H3,(H,44,48)(H,45,49)(H,46,50). The molecule has 314 valence electrons. The van der Waals surface area contributed by atoms with Crippen LogP contribution in [-0.4, -0.2) is 104 Å². The second kappa shape index (κ2) is 26.0. The molecule has 0 bridgehead atoms. The van der Waals surface area contributed by atoms with Gasteiger partial charge in [0.15, 0.2) is 8.32 Å². The van der Waals surface area contributed by atoms with Gasteiger partial charge in [-0.3, -0.25) is 9.59 Å². The van der Waals surface area contributed by atoms with Crippen molar-refractivity contribution in [3.8, 4) is 11.1 Å². The van der Waals surface area contributed by atoms with Crippen LogP contribution in [0.2, 0.25) is 18.1 Å². The summed E-state index contributed by atoms with van der Waals surface area (Å²) in [6, 6.07) is 24.0. The molecule has 0 heterocycles. The van der Waals surface area contributed by atoms with Crippen LogP contribution in [0.15, 0.2) is 72.8 Å². The third kappa shape index (κ3) is 19.2. The molecule has 0 unspecified atom stereocenters. The van der Waals surface area contributed by atoms with Gasteiger partial charge in [-0.25, -0.2) is 4.79 Å². The molecule has 3 amide bonds. The summed E-state index contributed by atoms with van der Waals surface area (Å²) >= 11 is 0. The van der Waals surface area contributed by atoms with Crippen LogP contribution < -0.4 is 16.0 Å². The van der Waals surface area contributed by atoms with E-state index < -0.39 is 14.4 Å². The predicted octanol–water partition coefficient (Wildman–Crippen LogP) is 5.53. The maximum atomic E-state index is 12.3. The Labute approximate surface area is 339 Å². The van der Waals surface area contributed by atoms with Crippen molar-refractivity contribution in [2.24, 2.45) is 0 Å². The van der Waals surface area contributed by atoms with Gasteiger partial charge in [-0.2, -0.15) is 0 Å². The summed E-state index contributed by atoms with van der Waals surface area (Å²) in [5.74, 6) is -0.486. The highest BCUT2D eigenvalue weighted by atomic mass is 28.4. The number of aliphatic hydroxyl groups is 1. The minimum atomic E-state index is -1.82. The monoisotopic (exact) mass is 809 g/mol. The Morgan fingerprint density at radius 2 is 1.19 bits per heavy atom. The fourth-order valence-electron chi connectivity index (χ4n) is 5.11. The second-order valence-electron chi connectivity index (χ2n) is 15.0. The Hall–Kier alpha value is -4.15. The second-order valence-corrected chi connectivity index (χ2v) is 19.8. The van der Waals surface area contributed by atoms with Gasteiger partial charge in [0.05, 0.1) is 52.9 Å². The molecule has 13 nitrogen and oxygen atoms in total. The highest BCUT2D eigenvalue weighted by Crippen LogP contribution is 2.37. The molecule has 0 saturated carbocycles. The number of alkyl carbamates (subject to hydrolysis) is 1. The maximum absolute atomic E-state index is 12.3. The molecular formula is C43H63N3O10Si. The van der Waals surface area contributed by atoms with Crippen molar-refractivity contribution < 1.29 is 47.6 Å². The number of amides is 3. The first kappa shape index (κ1) is 47.2. The van der Waals surface area contributed by atoms with Crippen LogP contribution in [0.1, 0.15) is 49.4 Å². The summed E-state index contributed by atoms with van der Waals surface area (Å²) in [5.41, 5.74) is 6.17. The molecule has 0 saturated heterocycles. The lowest BCUT2D eigenvalue weighted by Crippen LogP contribution is -2.40. The number of aryl methyl sites for hydroxylation is 1. The number of nitrogens with one attached hydrogen (secondary N) is 3. The van der Waals surface area contributed by atoms with E-state index in [2.05, 4.69) is 80.1 Å². The minimum Gasteiger partial charge on any atom is -0.445 e. The predicted molar refractivity (Wildman–Crippen MR) is 222 cm³/mol. The summed E-state index contributed by atoms with van der Waals surface area (Å²) in [7, 11) is -1.82. The lowest BCUT2D eigenvalue weighted by atomic mass is 9.96. The van der Waals surface area contributed by atoms with Crippen LogP contribution in [0.5, 0.6) is 0 Å². The Kier molecular flexibility index (Phi) is 21.5. The molecular weight excluding hydrogens is 747 g/mol. The average Bonchev–Trinajstić information content (AvgIpc) is 3.20. The zero-order valence-electron chi connectivity index (χ0n) is 34.4. The largest absolute Gasteiger partial charge is 0.445 e. The number of aliphatic hydroxyl groups excluding tert-OH is 1. The molecule has 3 rings (SSSR count). The van der Waals surface area contributed by atoms with Crippen LogP contribution in [0.3, 0.4) is 0 Å². The molecule has 0 atom stereocenters. The first-order valence-electron chi connectivity index (χ1n) is 19.6. The number of carbonyl (C=O) groups is 3. The molecule has 0 spiro atoms. The zero-order valence-corrected chi connectivity index (χ0v) is 35.4. The quantitative estimate of drug-likeness (QED) is 0.0570. The van der Waals surface area contributed by atoms with E-state index in [1.807, 2.05) is 42.5 Å².